The molecule has 2 atom stereocenters. The van der Waals surface area contributed by atoms with Crippen molar-refractivity contribution < 1.29 is 5.11 Å². The largest absolute Gasteiger partial charge is 0.378 e. The molecule has 1 aliphatic carbocycles. The van der Waals surface area contributed by atoms with Gasteiger partial charge in [0, 0.05) is 17.3 Å². The summed E-state index contributed by atoms with van der Waals surface area (Å²) >= 11 is 7.89. The van der Waals surface area contributed by atoms with Gasteiger partial charge in [-0.15, -0.1) is 11.3 Å². The van der Waals surface area contributed by atoms with Gasteiger partial charge >= 0.3 is 0 Å². The Hall–Kier alpha value is -1.26. The quantitative estimate of drug-likeness (QED) is 0.483. The highest BCUT2D eigenvalue weighted by Crippen LogP contribution is 2.40. The van der Waals surface area contributed by atoms with Gasteiger partial charge in [0.1, 0.15) is 22.5 Å². The van der Waals surface area contributed by atoms with Crippen LogP contribution in [0, 0.1) is 17.2 Å². The molecule has 1 aliphatic rings. The minimum atomic E-state index is -0.573. The fraction of sp³-hybridized carbons (Fsp3) is 0.588. The van der Waals surface area contributed by atoms with Crippen molar-refractivity contribution in [3.8, 4) is 6.07 Å². The molecule has 0 bridgehead atoms. The van der Waals surface area contributed by atoms with Gasteiger partial charge in [-0.05, 0) is 31.2 Å². The number of nitrogens with zero attached hydrogens (tertiary/aromatic N) is 4. The molecular formula is C17H21ClN4OS. The van der Waals surface area contributed by atoms with E-state index >= 15 is 0 Å². The van der Waals surface area contributed by atoms with E-state index in [1.54, 1.807) is 11.3 Å². The Bertz CT molecular complexity index is 757. The smallest absolute Gasteiger partial charge is 0.141 e. The molecule has 0 saturated heterocycles. The summed E-state index contributed by atoms with van der Waals surface area (Å²) < 4.78 is 0. The number of halogens is 1. The van der Waals surface area contributed by atoms with E-state index < -0.39 is 6.23 Å². The van der Waals surface area contributed by atoms with E-state index in [-0.39, 0.29) is 12.5 Å². The third kappa shape index (κ3) is 3.40. The lowest BCUT2D eigenvalue weighted by atomic mass is 9.86. The van der Waals surface area contributed by atoms with Crippen molar-refractivity contribution in [2.45, 2.75) is 45.3 Å². The highest BCUT2D eigenvalue weighted by molar-refractivity contribution is 7.19. The topological polar surface area (TPSA) is 73.0 Å². The molecule has 0 aliphatic heterocycles. The van der Waals surface area contributed by atoms with E-state index in [1.807, 2.05) is 4.90 Å². The molecule has 0 amide bonds. The predicted molar refractivity (Wildman–Crippen MR) is 96.0 cm³/mol. The Labute approximate surface area is 150 Å². The predicted octanol–water partition coefficient (Wildman–Crippen LogP) is 3.39. The number of hydrogen-bond donors (Lipinski definition) is 1. The molecule has 5 nitrogen and oxygen atoms in total. The summed E-state index contributed by atoms with van der Waals surface area (Å²) in [7, 11) is 0. The van der Waals surface area contributed by atoms with Crippen molar-refractivity contribution >= 4 is 33.2 Å². The number of aryl methyl sites for hydroxylation is 1. The van der Waals surface area contributed by atoms with Crippen LogP contribution in [0.2, 0.25) is 5.15 Å². The zero-order valence-electron chi connectivity index (χ0n) is 13.7. The van der Waals surface area contributed by atoms with Crippen molar-refractivity contribution in [1.29, 1.82) is 5.26 Å². The third-order valence-electron chi connectivity index (χ3n) is 4.71. The molecule has 3 rings (SSSR count). The van der Waals surface area contributed by atoms with Gasteiger partial charge in [-0.1, -0.05) is 24.9 Å². The van der Waals surface area contributed by atoms with Crippen LogP contribution < -0.4 is 0 Å². The number of nitriles is 1. The Balaban J connectivity index is 1.80. The van der Waals surface area contributed by atoms with E-state index in [4.69, 9.17) is 16.9 Å². The van der Waals surface area contributed by atoms with E-state index in [1.165, 1.54) is 16.8 Å². The molecule has 0 spiro atoms. The number of hydrogen-bond acceptors (Lipinski definition) is 6. The fourth-order valence-corrected chi connectivity index (χ4v) is 4.99. The Morgan fingerprint density at radius 2 is 2.38 bits per heavy atom. The van der Waals surface area contributed by atoms with Gasteiger partial charge in [-0.3, -0.25) is 4.90 Å². The van der Waals surface area contributed by atoms with Crippen LogP contribution in [0.15, 0.2) is 6.33 Å². The van der Waals surface area contributed by atoms with Crippen LogP contribution >= 0.6 is 22.9 Å². The lowest BCUT2D eigenvalue weighted by Crippen LogP contribution is -2.43. The van der Waals surface area contributed by atoms with Crippen LogP contribution in [-0.4, -0.2) is 39.3 Å². The second kappa shape index (κ2) is 7.75. The molecule has 24 heavy (non-hydrogen) atoms. The number of aliphatic hydroxyl groups is 1. The van der Waals surface area contributed by atoms with Crippen molar-refractivity contribution in [3.05, 3.63) is 21.9 Å². The summed E-state index contributed by atoms with van der Waals surface area (Å²) in [5.41, 5.74) is 1.24. The monoisotopic (exact) mass is 364 g/mol. The van der Waals surface area contributed by atoms with Gasteiger partial charge in [0.2, 0.25) is 0 Å². The molecule has 2 aromatic heterocycles. The van der Waals surface area contributed by atoms with Crippen LogP contribution in [0.5, 0.6) is 0 Å². The van der Waals surface area contributed by atoms with Crippen molar-refractivity contribution in [2.75, 3.05) is 13.1 Å². The molecule has 7 heteroatoms. The highest BCUT2D eigenvalue weighted by atomic mass is 35.5. The number of rotatable bonds is 6. The maximum Gasteiger partial charge on any atom is 0.141 e. The zero-order chi connectivity index (χ0) is 17.1. The summed E-state index contributed by atoms with van der Waals surface area (Å²) in [5.74, 6) is 0.141. The van der Waals surface area contributed by atoms with Gasteiger partial charge in [-0.25, -0.2) is 9.97 Å². The second-order valence-corrected chi connectivity index (χ2v) is 7.69. The number of aromatic nitrogens is 2. The fourth-order valence-electron chi connectivity index (χ4n) is 3.41. The van der Waals surface area contributed by atoms with E-state index in [9.17, 15) is 5.11 Å². The minimum absolute atomic E-state index is 0.141. The van der Waals surface area contributed by atoms with Crippen LogP contribution in [0.1, 0.15) is 36.6 Å². The maximum atomic E-state index is 10.8. The number of unbranched alkanes of at least 4 members (excludes halogenated alkanes) is 1. The number of fused-ring (bicyclic) bond motifs is 3. The third-order valence-corrected chi connectivity index (χ3v) is 6.15. The first-order valence-electron chi connectivity index (χ1n) is 8.35. The lowest BCUT2D eigenvalue weighted by Gasteiger charge is -2.34. The van der Waals surface area contributed by atoms with E-state index in [0.29, 0.717) is 5.15 Å². The molecule has 128 valence electrons. The second-order valence-electron chi connectivity index (χ2n) is 6.25. The summed E-state index contributed by atoms with van der Waals surface area (Å²) in [5, 5.41) is 21.3. The summed E-state index contributed by atoms with van der Waals surface area (Å²) in [6, 6.07) is 2.18. The van der Waals surface area contributed by atoms with Gasteiger partial charge in [0.15, 0.2) is 0 Å². The molecule has 1 N–H and O–H groups in total. The Morgan fingerprint density at radius 1 is 1.54 bits per heavy atom. The van der Waals surface area contributed by atoms with Crippen molar-refractivity contribution in [3.63, 3.8) is 0 Å². The molecule has 0 saturated carbocycles. The Kier molecular flexibility index (Phi) is 5.67. The average molecular weight is 365 g/mol. The Morgan fingerprint density at radius 3 is 3.12 bits per heavy atom. The zero-order valence-corrected chi connectivity index (χ0v) is 15.3. The molecule has 0 aromatic carbocycles. The van der Waals surface area contributed by atoms with Crippen molar-refractivity contribution in [1.82, 2.24) is 14.9 Å². The van der Waals surface area contributed by atoms with Crippen LogP contribution in [0.3, 0.4) is 0 Å². The highest BCUT2D eigenvalue weighted by Gasteiger charge is 2.31. The molecular weight excluding hydrogens is 344 g/mol. The number of thiophene rings is 1. The standard InChI is InChI=1S/C17H21ClN4OS/c1-2-3-7-22(8-6-19)17(23)11-4-5-12-13(9-11)24-16-14(12)15(18)20-10-21-16/h10-11,17,23H,2-5,7-9H2,1H3. The maximum absolute atomic E-state index is 10.8. The molecule has 0 radical (unpaired) electrons. The normalized spacial score (nSPS) is 18.5. The molecule has 2 heterocycles. The summed E-state index contributed by atoms with van der Waals surface area (Å²) in [4.78, 5) is 12.5. The van der Waals surface area contributed by atoms with Gasteiger partial charge in [-0.2, -0.15) is 5.26 Å². The van der Waals surface area contributed by atoms with Gasteiger partial charge in [0.25, 0.3) is 0 Å². The lowest BCUT2D eigenvalue weighted by molar-refractivity contribution is -0.0372. The van der Waals surface area contributed by atoms with Crippen LogP contribution in [0.4, 0.5) is 0 Å². The van der Waals surface area contributed by atoms with E-state index in [0.717, 1.165) is 48.9 Å². The summed E-state index contributed by atoms with van der Waals surface area (Å²) in [6.45, 7) is 3.15. The van der Waals surface area contributed by atoms with Crippen LogP contribution in [-0.2, 0) is 12.8 Å². The SMILES string of the molecule is CCCCN(CC#N)C(O)C1CCc2c(sc3ncnc(Cl)c23)C1. The number of aliphatic hydroxyl groups excluding tert-OH is 1. The molecule has 0 fully saturated rings. The first kappa shape index (κ1) is 17.6. The van der Waals surface area contributed by atoms with Crippen LogP contribution in [0.25, 0.3) is 10.2 Å². The van der Waals surface area contributed by atoms with Gasteiger partial charge < -0.3 is 5.11 Å². The summed E-state index contributed by atoms with van der Waals surface area (Å²) in [6.07, 6.45) is 5.54. The van der Waals surface area contributed by atoms with E-state index in [2.05, 4.69) is 23.0 Å². The average Bonchev–Trinajstić information content (AvgIpc) is 2.96. The first-order chi connectivity index (χ1) is 11.7. The molecule has 2 unspecified atom stereocenters. The van der Waals surface area contributed by atoms with Crippen molar-refractivity contribution in [2.24, 2.45) is 5.92 Å². The molecule has 2 aromatic rings. The minimum Gasteiger partial charge on any atom is -0.378 e. The first-order valence-corrected chi connectivity index (χ1v) is 9.55. The van der Waals surface area contributed by atoms with Gasteiger partial charge in [0.05, 0.1) is 18.0 Å².